The summed E-state index contributed by atoms with van der Waals surface area (Å²) < 4.78 is 17.5. The number of carbonyl (C=O) groups excluding carboxylic acids is 1. The number of carbonyl (C=O) groups is 1. The molecule has 2 aliphatic heterocycles. The second-order valence-electron chi connectivity index (χ2n) is 9.96. The molecule has 4 rings (SSSR count). The fourth-order valence-electron chi connectivity index (χ4n) is 5.87. The maximum atomic E-state index is 13.6. The lowest BCUT2D eigenvalue weighted by Crippen LogP contribution is -2.52. The molecule has 0 unspecified atom stereocenters. The summed E-state index contributed by atoms with van der Waals surface area (Å²) in [6.45, 7) is 6.02. The van der Waals surface area contributed by atoms with E-state index >= 15 is 0 Å². The summed E-state index contributed by atoms with van der Waals surface area (Å²) in [5.41, 5.74) is 0.273. The highest BCUT2D eigenvalue weighted by atomic mass is 16.5. The Kier molecular flexibility index (Phi) is 8.85. The normalized spacial score (nSPS) is 20.2. The van der Waals surface area contributed by atoms with Crippen LogP contribution in [0.15, 0.2) is 16.9 Å². The molecule has 1 amide bonds. The van der Waals surface area contributed by atoms with E-state index in [1.807, 2.05) is 4.90 Å². The van der Waals surface area contributed by atoms with Crippen molar-refractivity contribution in [2.45, 2.75) is 58.0 Å². The molecule has 36 heavy (non-hydrogen) atoms. The number of nitrogens with zero attached hydrogens (tertiary/aromatic N) is 4. The molecular formula is C27H40N4O5. The Labute approximate surface area is 213 Å². The first-order chi connectivity index (χ1) is 17.5. The topological polar surface area (TPSA) is 86.1 Å². The van der Waals surface area contributed by atoms with Gasteiger partial charge in [-0.15, -0.1) is 0 Å². The maximum Gasteiger partial charge on any atom is 0.262 e. The van der Waals surface area contributed by atoms with Crippen LogP contribution in [-0.4, -0.2) is 85.4 Å². The van der Waals surface area contributed by atoms with Gasteiger partial charge in [0.2, 0.25) is 5.91 Å². The van der Waals surface area contributed by atoms with Gasteiger partial charge in [-0.3, -0.25) is 14.2 Å². The number of aryl methyl sites for hydroxylation is 1. The van der Waals surface area contributed by atoms with Crippen LogP contribution in [0.5, 0.6) is 11.5 Å². The highest BCUT2D eigenvalue weighted by Crippen LogP contribution is 2.32. The first-order valence-corrected chi connectivity index (χ1v) is 13.1. The van der Waals surface area contributed by atoms with Crippen molar-refractivity contribution < 1.29 is 19.0 Å². The standard InChI is InChI=1S/C27H40N4O5/c1-19-28-22-16-25(36-4)24(35-3)15-21(22)27(33)31(19)18-26(32)30(13-8-14-34-2)17-20-9-7-12-29-11-6-5-10-23(20)29/h15-16,20,23H,5-14,17-18H2,1-4H3/t20-,23+/m0/s1. The van der Waals surface area contributed by atoms with E-state index in [4.69, 9.17) is 14.2 Å². The third kappa shape index (κ3) is 5.67. The summed E-state index contributed by atoms with van der Waals surface area (Å²) in [7, 11) is 4.76. The molecule has 198 valence electrons. The summed E-state index contributed by atoms with van der Waals surface area (Å²) in [6.07, 6.45) is 6.84. The summed E-state index contributed by atoms with van der Waals surface area (Å²) in [5.74, 6) is 1.89. The highest BCUT2D eigenvalue weighted by Gasteiger charge is 2.34. The van der Waals surface area contributed by atoms with Gasteiger partial charge in [0.1, 0.15) is 12.4 Å². The Morgan fingerprint density at radius 1 is 1.08 bits per heavy atom. The number of rotatable bonds is 10. The number of amides is 1. The second-order valence-corrected chi connectivity index (χ2v) is 9.96. The number of fused-ring (bicyclic) bond motifs is 2. The van der Waals surface area contributed by atoms with E-state index in [2.05, 4.69) is 9.88 Å². The molecule has 3 heterocycles. The van der Waals surface area contributed by atoms with Crippen molar-refractivity contribution in [2.24, 2.45) is 5.92 Å². The molecule has 2 fully saturated rings. The van der Waals surface area contributed by atoms with E-state index in [1.165, 1.54) is 50.4 Å². The number of aromatic nitrogens is 2. The molecule has 9 nitrogen and oxygen atoms in total. The van der Waals surface area contributed by atoms with Crippen molar-refractivity contribution in [3.8, 4) is 11.5 Å². The fourth-order valence-corrected chi connectivity index (χ4v) is 5.87. The number of benzene rings is 1. The molecular weight excluding hydrogens is 460 g/mol. The second kappa shape index (κ2) is 12.1. The molecule has 2 saturated heterocycles. The van der Waals surface area contributed by atoms with Crippen LogP contribution >= 0.6 is 0 Å². The average molecular weight is 501 g/mol. The zero-order chi connectivity index (χ0) is 25.7. The van der Waals surface area contributed by atoms with E-state index in [9.17, 15) is 9.59 Å². The van der Waals surface area contributed by atoms with Crippen molar-refractivity contribution in [1.82, 2.24) is 19.4 Å². The van der Waals surface area contributed by atoms with Crippen LogP contribution < -0.4 is 15.0 Å². The van der Waals surface area contributed by atoms with Crippen molar-refractivity contribution in [2.75, 3.05) is 54.1 Å². The SMILES string of the molecule is COCCCN(C[C@@H]1CCCN2CCCC[C@H]12)C(=O)Cn1c(C)nc2cc(OC)c(OC)cc2c1=O. The van der Waals surface area contributed by atoms with Crippen LogP contribution in [0.1, 0.15) is 44.3 Å². The zero-order valence-corrected chi connectivity index (χ0v) is 22.1. The minimum atomic E-state index is -0.250. The van der Waals surface area contributed by atoms with E-state index in [-0.39, 0.29) is 18.0 Å². The Morgan fingerprint density at radius 2 is 1.83 bits per heavy atom. The number of ether oxygens (including phenoxy) is 3. The third-order valence-electron chi connectivity index (χ3n) is 7.76. The highest BCUT2D eigenvalue weighted by molar-refractivity contribution is 5.82. The summed E-state index contributed by atoms with van der Waals surface area (Å²) in [5, 5.41) is 0.405. The lowest BCUT2D eigenvalue weighted by molar-refractivity contribution is -0.133. The zero-order valence-electron chi connectivity index (χ0n) is 22.1. The van der Waals surface area contributed by atoms with E-state index in [0.29, 0.717) is 53.3 Å². The van der Waals surface area contributed by atoms with Gasteiger partial charge in [-0.05, 0) is 64.1 Å². The average Bonchev–Trinajstić information content (AvgIpc) is 2.89. The van der Waals surface area contributed by atoms with E-state index in [1.54, 1.807) is 33.3 Å². The summed E-state index contributed by atoms with van der Waals surface area (Å²) in [4.78, 5) is 36.3. The molecule has 1 aromatic carbocycles. The molecule has 2 aliphatic rings. The monoisotopic (exact) mass is 500 g/mol. The van der Waals surface area contributed by atoms with Crippen LogP contribution in [-0.2, 0) is 16.1 Å². The number of hydrogen-bond donors (Lipinski definition) is 0. The molecule has 0 N–H and O–H groups in total. The molecule has 0 bridgehead atoms. The van der Waals surface area contributed by atoms with E-state index in [0.717, 1.165) is 19.4 Å². The Balaban J connectivity index is 1.58. The van der Waals surface area contributed by atoms with Gasteiger partial charge in [0.15, 0.2) is 11.5 Å². The van der Waals surface area contributed by atoms with Crippen molar-refractivity contribution in [1.29, 1.82) is 0 Å². The van der Waals surface area contributed by atoms with Crippen molar-refractivity contribution >= 4 is 16.8 Å². The number of hydrogen-bond acceptors (Lipinski definition) is 7. The Morgan fingerprint density at radius 3 is 2.58 bits per heavy atom. The predicted molar refractivity (Wildman–Crippen MR) is 139 cm³/mol. The molecule has 2 aromatic rings. The number of methoxy groups -OCH3 is 3. The number of piperidine rings is 2. The smallest absolute Gasteiger partial charge is 0.262 e. The largest absolute Gasteiger partial charge is 0.493 e. The third-order valence-corrected chi connectivity index (χ3v) is 7.76. The summed E-state index contributed by atoms with van der Waals surface area (Å²) in [6, 6.07) is 3.89. The first-order valence-electron chi connectivity index (χ1n) is 13.1. The molecule has 1 aromatic heterocycles. The van der Waals surface area contributed by atoms with Gasteiger partial charge in [0, 0.05) is 38.9 Å². The Bertz CT molecular complexity index is 1120. The van der Waals surface area contributed by atoms with E-state index < -0.39 is 0 Å². The van der Waals surface area contributed by atoms with Crippen LogP contribution in [0.4, 0.5) is 0 Å². The van der Waals surface area contributed by atoms with Crippen LogP contribution in [0, 0.1) is 12.8 Å². The Hall–Kier alpha value is -2.65. The molecule has 0 aliphatic carbocycles. The molecule has 0 radical (unpaired) electrons. The quantitative estimate of drug-likeness (QED) is 0.464. The molecule has 9 heteroatoms. The lowest BCUT2D eigenvalue weighted by Gasteiger charge is -2.45. The summed E-state index contributed by atoms with van der Waals surface area (Å²) >= 11 is 0. The minimum absolute atomic E-state index is 0.0317. The molecule has 0 spiro atoms. The van der Waals surface area contributed by atoms with Gasteiger partial charge >= 0.3 is 0 Å². The van der Waals surface area contributed by atoms with Crippen LogP contribution in [0.2, 0.25) is 0 Å². The van der Waals surface area contributed by atoms with Gasteiger partial charge in [0.25, 0.3) is 5.56 Å². The van der Waals surface area contributed by atoms with Crippen LogP contribution in [0.25, 0.3) is 10.9 Å². The minimum Gasteiger partial charge on any atom is -0.493 e. The molecule has 0 saturated carbocycles. The lowest BCUT2D eigenvalue weighted by atomic mass is 9.83. The fraction of sp³-hybridized carbons (Fsp3) is 0.667. The van der Waals surface area contributed by atoms with Gasteiger partial charge in [-0.25, -0.2) is 4.98 Å². The van der Waals surface area contributed by atoms with Gasteiger partial charge in [-0.1, -0.05) is 6.42 Å². The van der Waals surface area contributed by atoms with Crippen molar-refractivity contribution in [3.63, 3.8) is 0 Å². The molecule has 2 atom stereocenters. The predicted octanol–water partition coefficient (Wildman–Crippen LogP) is 2.85. The van der Waals surface area contributed by atoms with Crippen LogP contribution in [0.3, 0.4) is 0 Å². The van der Waals surface area contributed by atoms with Crippen molar-refractivity contribution in [3.05, 3.63) is 28.3 Å². The van der Waals surface area contributed by atoms with Gasteiger partial charge in [0.05, 0.1) is 25.1 Å². The van der Waals surface area contributed by atoms with Gasteiger partial charge in [-0.2, -0.15) is 0 Å². The van der Waals surface area contributed by atoms with Gasteiger partial charge < -0.3 is 24.0 Å². The maximum absolute atomic E-state index is 13.6. The first kappa shape index (κ1) is 26.4.